The van der Waals surface area contributed by atoms with E-state index in [0.29, 0.717) is 27.6 Å². The maximum Gasteiger partial charge on any atom is 0.277 e. The first-order valence-corrected chi connectivity index (χ1v) is 9.02. The number of rotatable bonds is 5. The first kappa shape index (κ1) is 19.0. The third-order valence-corrected chi connectivity index (χ3v) is 4.50. The summed E-state index contributed by atoms with van der Waals surface area (Å²) in [4.78, 5) is 26.4. The van der Waals surface area contributed by atoms with Crippen molar-refractivity contribution in [2.75, 3.05) is 12.4 Å². The molecule has 140 valence electrons. The van der Waals surface area contributed by atoms with Gasteiger partial charge >= 0.3 is 0 Å². The number of imide groups is 1. The van der Waals surface area contributed by atoms with E-state index in [1.165, 1.54) is 7.05 Å². The molecular formula is C21H21ClN2O3. The number of likely N-dealkylation sites (N-methyl/N-ethyl adjacent to an activating group) is 1. The molecule has 6 heteroatoms. The van der Waals surface area contributed by atoms with E-state index in [-0.39, 0.29) is 23.6 Å². The second-order valence-electron chi connectivity index (χ2n) is 6.69. The summed E-state index contributed by atoms with van der Waals surface area (Å²) in [6.07, 6.45) is 0.0546. The average molecular weight is 385 g/mol. The van der Waals surface area contributed by atoms with Gasteiger partial charge in [0.25, 0.3) is 11.8 Å². The molecule has 0 aromatic heterocycles. The second kappa shape index (κ2) is 7.45. The molecule has 1 aliphatic heterocycles. The lowest BCUT2D eigenvalue weighted by molar-refractivity contribution is -0.135. The molecule has 0 atom stereocenters. The Hall–Kier alpha value is -2.79. The highest BCUT2D eigenvalue weighted by molar-refractivity contribution is 6.36. The summed E-state index contributed by atoms with van der Waals surface area (Å²) in [6.45, 7) is 5.79. The smallest absolute Gasteiger partial charge is 0.277 e. The number of halogens is 1. The Bertz CT molecular complexity index is 933. The standard InChI is InChI=1S/C21H21ClN2O3/c1-12(2)27-16-9-6-14(7-10-16)18-19(21(26)24(4)20(18)25)23-17-11-15(22)8-5-13(17)3/h5-12,23H,1-4H3. The average Bonchev–Trinajstić information content (AvgIpc) is 2.83. The largest absolute Gasteiger partial charge is 0.491 e. The van der Waals surface area contributed by atoms with Gasteiger partial charge in [0, 0.05) is 17.8 Å². The third kappa shape index (κ3) is 3.83. The summed E-state index contributed by atoms with van der Waals surface area (Å²) in [6, 6.07) is 12.5. The number of ether oxygens (including phenoxy) is 1. The zero-order valence-corrected chi connectivity index (χ0v) is 16.4. The van der Waals surface area contributed by atoms with Crippen molar-refractivity contribution in [1.82, 2.24) is 4.90 Å². The van der Waals surface area contributed by atoms with Gasteiger partial charge in [-0.15, -0.1) is 0 Å². The summed E-state index contributed by atoms with van der Waals surface area (Å²) < 4.78 is 5.64. The lowest BCUT2D eigenvalue weighted by Crippen LogP contribution is -2.28. The molecule has 1 heterocycles. The molecule has 2 aromatic carbocycles. The minimum absolute atomic E-state index is 0.0546. The number of hydrogen-bond acceptors (Lipinski definition) is 4. The highest BCUT2D eigenvalue weighted by Crippen LogP contribution is 2.32. The van der Waals surface area contributed by atoms with Crippen molar-refractivity contribution < 1.29 is 14.3 Å². The van der Waals surface area contributed by atoms with Crippen molar-refractivity contribution in [3.8, 4) is 5.75 Å². The van der Waals surface area contributed by atoms with Gasteiger partial charge in [-0.25, -0.2) is 0 Å². The Balaban J connectivity index is 2.03. The van der Waals surface area contributed by atoms with Crippen molar-refractivity contribution in [3.63, 3.8) is 0 Å². The normalized spacial score (nSPS) is 14.4. The van der Waals surface area contributed by atoms with Gasteiger partial charge in [-0.1, -0.05) is 29.8 Å². The zero-order valence-electron chi connectivity index (χ0n) is 15.7. The van der Waals surface area contributed by atoms with Crippen molar-refractivity contribution in [1.29, 1.82) is 0 Å². The molecule has 0 fully saturated rings. The molecule has 3 rings (SSSR count). The summed E-state index contributed by atoms with van der Waals surface area (Å²) in [5.74, 6) is -0.0173. The molecule has 1 N–H and O–H groups in total. The van der Waals surface area contributed by atoms with Gasteiger partial charge in [0.05, 0.1) is 11.7 Å². The number of nitrogens with zero attached hydrogens (tertiary/aromatic N) is 1. The number of amides is 2. The number of hydrogen-bond donors (Lipinski definition) is 1. The van der Waals surface area contributed by atoms with Crippen molar-refractivity contribution in [2.45, 2.75) is 26.9 Å². The van der Waals surface area contributed by atoms with Gasteiger partial charge in [-0.05, 0) is 56.2 Å². The van der Waals surface area contributed by atoms with Gasteiger partial charge in [-0.2, -0.15) is 0 Å². The van der Waals surface area contributed by atoms with E-state index in [1.54, 1.807) is 36.4 Å². The topological polar surface area (TPSA) is 58.6 Å². The zero-order chi connectivity index (χ0) is 19.7. The summed E-state index contributed by atoms with van der Waals surface area (Å²) >= 11 is 6.08. The molecule has 2 amide bonds. The molecule has 0 bridgehead atoms. The van der Waals surface area contributed by atoms with Crippen LogP contribution in [0.5, 0.6) is 5.75 Å². The number of carbonyl (C=O) groups excluding carboxylic acids is 2. The molecule has 2 aromatic rings. The van der Waals surface area contributed by atoms with Crippen LogP contribution >= 0.6 is 11.6 Å². The Morgan fingerprint density at radius 3 is 2.33 bits per heavy atom. The van der Waals surface area contributed by atoms with E-state index >= 15 is 0 Å². The number of nitrogens with one attached hydrogen (secondary N) is 1. The van der Waals surface area contributed by atoms with Crippen molar-refractivity contribution in [2.24, 2.45) is 0 Å². The van der Waals surface area contributed by atoms with Crippen LogP contribution in [0, 0.1) is 6.92 Å². The fourth-order valence-electron chi connectivity index (χ4n) is 2.86. The summed E-state index contributed by atoms with van der Waals surface area (Å²) in [7, 11) is 1.47. The Kier molecular flexibility index (Phi) is 5.24. The fourth-order valence-corrected chi connectivity index (χ4v) is 3.03. The number of carbonyl (C=O) groups is 2. The van der Waals surface area contributed by atoms with Gasteiger partial charge in [0.2, 0.25) is 0 Å². The van der Waals surface area contributed by atoms with Crippen LogP contribution in [0.15, 0.2) is 48.2 Å². The van der Waals surface area contributed by atoms with Gasteiger partial charge in [-0.3, -0.25) is 14.5 Å². The highest BCUT2D eigenvalue weighted by atomic mass is 35.5. The van der Waals surface area contributed by atoms with Crippen molar-refractivity contribution in [3.05, 3.63) is 64.3 Å². The number of benzene rings is 2. The second-order valence-corrected chi connectivity index (χ2v) is 7.13. The Labute approximate surface area is 163 Å². The minimum Gasteiger partial charge on any atom is -0.491 e. The summed E-state index contributed by atoms with van der Waals surface area (Å²) in [5, 5.41) is 3.65. The molecule has 0 unspecified atom stereocenters. The van der Waals surface area contributed by atoms with E-state index < -0.39 is 0 Å². The predicted molar refractivity (Wildman–Crippen MR) is 107 cm³/mol. The van der Waals surface area contributed by atoms with Gasteiger partial charge < -0.3 is 10.1 Å². The molecular weight excluding hydrogens is 364 g/mol. The van der Waals surface area contributed by atoms with Crippen LogP contribution in [0.4, 0.5) is 5.69 Å². The third-order valence-electron chi connectivity index (χ3n) is 4.26. The maximum atomic E-state index is 12.7. The quantitative estimate of drug-likeness (QED) is 0.782. The monoisotopic (exact) mass is 384 g/mol. The summed E-state index contributed by atoms with van der Waals surface area (Å²) in [5.41, 5.74) is 2.83. The minimum atomic E-state index is -0.378. The maximum absolute atomic E-state index is 12.7. The van der Waals surface area contributed by atoms with Crippen LogP contribution in [0.1, 0.15) is 25.0 Å². The molecule has 0 saturated carbocycles. The van der Waals surface area contributed by atoms with Gasteiger partial charge in [0.1, 0.15) is 11.4 Å². The van der Waals surface area contributed by atoms with E-state index in [0.717, 1.165) is 10.5 Å². The van der Waals surface area contributed by atoms with E-state index in [1.807, 2.05) is 26.8 Å². The van der Waals surface area contributed by atoms with Crippen LogP contribution in [0.25, 0.3) is 5.57 Å². The first-order chi connectivity index (χ1) is 12.8. The molecule has 0 saturated heterocycles. The molecule has 0 radical (unpaired) electrons. The van der Waals surface area contributed by atoms with Crippen molar-refractivity contribution >= 4 is 34.7 Å². The van der Waals surface area contributed by atoms with Crippen LogP contribution in [0.3, 0.4) is 0 Å². The molecule has 0 spiro atoms. The van der Waals surface area contributed by atoms with E-state index in [9.17, 15) is 9.59 Å². The Morgan fingerprint density at radius 1 is 1.04 bits per heavy atom. The molecule has 1 aliphatic rings. The van der Waals surface area contributed by atoms with Crippen LogP contribution in [-0.4, -0.2) is 29.9 Å². The predicted octanol–water partition coefficient (Wildman–Crippen LogP) is 4.26. The van der Waals surface area contributed by atoms with E-state index in [2.05, 4.69) is 5.32 Å². The molecule has 0 aliphatic carbocycles. The van der Waals surface area contributed by atoms with Gasteiger partial charge in [0.15, 0.2) is 0 Å². The lowest BCUT2D eigenvalue weighted by Gasteiger charge is -2.12. The molecule has 5 nitrogen and oxygen atoms in total. The SMILES string of the molecule is Cc1ccc(Cl)cc1NC1=C(c2ccc(OC(C)C)cc2)C(=O)N(C)C1=O. The van der Waals surface area contributed by atoms with Crippen LogP contribution in [-0.2, 0) is 9.59 Å². The molecule has 27 heavy (non-hydrogen) atoms. The fraction of sp³-hybridized carbons (Fsp3) is 0.238. The number of anilines is 1. The first-order valence-electron chi connectivity index (χ1n) is 8.65. The van der Waals surface area contributed by atoms with Crippen LogP contribution in [0.2, 0.25) is 5.02 Å². The van der Waals surface area contributed by atoms with E-state index in [4.69, 9.17) is 16.3 Å². The number of aryl methyl sites for hydroxylation is 1. The van der Waals surface area contributed by atoms with Crippen LogP contribution < -0.4 is 10.1 Å². The Morgan fingerprint density at radius 2 is 1.70 bits per heavy atom. The highest BCUT2D eigenvalue weighted by Gasteiger charge is 2.37. The lowest BCUT2D eigenvalue weighted by atomic mass is 10.0.